The van der Waals surface area contributed by atoms with E-state index in [1.165, 1.54) is 148 Å². The molecule has 1 atom stereocenters. The third kappa shape index (κ3) is 33.2. The van der Waals surface area contributed by atoms with E-state index in [2.05, 4.69) is 26.0 Å². The predicted molar refractivity (Wildman–Crippen MR) is 181 cm³/mol. The highest BCUT2D eigenvalue weighted by atomic mass is 16.5. The van der Waals surface area contributed by atoms with Crippen molar-refractivity contribution >= 4 is 11.9 Å². The van der Waals surface area contributed by atoms with Crippen molar-refractivity contribution in [2.45, 2.75) is 219 Å². The average Bonchev–Trinajstić information content (AvgIpc) is 2.97. The van der Waals surface area contributed by atoms with Gasteiger partial charge in [-0.15, -0.1) is 0 Å². The Kier molecular flexibility index (Phi) is 33.1. The maximum absolute atomic E-state index is 12.4. The monoisotopic (exact) mass is 593 g/mol. The number of carbonyl (C=O) groups is 2. The van der Waals surface area contributed by atoms with Gasteiger partial charge in [0.1, 0.15) is 6.10 Å². The number of hydrogen-bond donors (Lipinski definition) is 1. The number of unbranched alkanes of at least 4 members (excludes halogenated alkanes) is 24. The van der Waals surface area contributed by atoms with Crippen molar-refractivity contribution in [1.82, 2.24) is 0 Å². The molecule has 0 amide bonds. The first kappa shape index (κ1) is 40.7. The second-order valence-corrected chi connectivity index (χ2v) is 12.8. The number of allylic oxidation sites excluding steroid dienone is 2. The molecule has 0 fully saturated rings. The maximum atomic E-state index is 12.4. The van der Waals surface area contributed by atoms with E-state index in [4.69, 9.17) is 9.84 Å². The highest BCUT2D eigenvalue weighted by Crippen LogP contribution is 2.18. The van der Waals surface area contributed by atoms with Crippen molar-refractivity contribution < 1.29 is 19.4 Å². The van der Waals surface area contributed by atoms with E-state index in [1.807, 2.05) is 0 Å². The summed E-state index contributed by atoms with van der Waals surface area (Å²) >= 11 is 0. The standard InChI is InChI=1S/C38H72O4/c1-3-5-7-9-11-13-15-17-18-19-21-22-24-26-28-30-32-36(34-35-37(39)40)42-38(41)33-31-29-27-25-23-20-16-14-12-10-8-6-4-2/h14,16,36H,3-13,15,17-35H2,1-2H3,(H,39,40)/b16-14-. The topological polar surface area (TPSA) is 63.6 Å². The molecule has 0 heterocycles. The van der Waals surface area contributed by atoms with Crippen LogP contribution in [0.5, 0.6) is 0 Å². The Morgan fingerprint density at radius 1 is 0.500 bits per heavy atom. The predicted octanol–water partition coefficient (Wildman–Crippen LogP) is 12.7. The average molecular weight is 593 g/mol. The molecule has 0 rings (SSSR count). The number of carboxylic acids is 1. The largest absolute Gasteiger partial charge is 0.481 e. The molecule has 0 saturated heterocycles. The van der Waals surface area contributed by atoms with E-state index in [9.17, 15) is 9.59 Å². The summed E-state index contributed by atoms with van der Waals surface area (Å²) in [6.07, 6.45) is 40.8. The number of esters is 1. The second-order valence-electron chi connectivity index (χ2n) is 12.8. The Hall–Kier alpha value is -1.32. The third-order valence-electron chi connectivity index (χ3n) is 8.50. The minimum Gasteiger partial charge on any atom is -0.481 e. The SMILES string of the molecule is CCCCCC/C=C\CCCCCCCC(=O)OC(CCCCCCCCCCCCCCCCCC)CCC(=O)O. The fourth-order valence-electron chi connectivity index (χ4n) is 5.70. The lowest BCUT2D eigenvalue weighted by atomic mass is 10.0. The van der Waals surface area contributed by atoms with Gasteiger partial charge in [-0.3, -0.25) is 9.59 Å². The molecule has 0 aliphatic rings. The molecule has 1 N–H and O–H groups in total. The van der Waals surface area contributed by atoms with Crippen molar-refractivity contribution in [1.29, 1.82) is 0 Å². The number of aliphatic carboxylic acids is 1. The normalized spacial score (nSPS) is 12.2. The Morgan fingerprint density at radius 2 is 0.881 bits per heavy atom. The molecular weight excluding hydrogens is 520 g/mol. The lowest BCUT2D eigenvalue weighted by Gasteiger charge is -2.17. The summed E-state index contributed by atoms with van der Waals surface area (Å²) in [7, 11) is 0. The quantitative estimate of drug-likeness (QED) is 0.0458. The summed E-state index contributed by atoms with van der Waals surface area (Å²) in [5, 5.41) is 9.10. The zero-order chi connectivity index (χ0) is 30.8. The molecule has 0 aromatic heterocycles. The van der Waals surface area contributed by atoms with Gasteiger partial charge in [0.05, 0.1) is 0 Å². The van der Waals surface area contributed by atoms with Crippen molar-refractivity contribution in [2.24, 2.45) is 0 Å². The van der Waals surface area contributed by atoms with Crippen LogP contribution in [0.3, 0.4) is 0 Å². The number of ether oxygens (including phenoxy) is 1. The van der Waals surface area contributed by atoms with Crippen LogP contribution in [-0.2, 0) is 14.3 Å². The molecule has 0 aliphatic heterocycles. The molecule has 0 spiro atoms. The summed E-state index contributed by atoms with van der Waals surface area (Å²) in [5.41, 5.74) is 0. The van der Waals surface area contributed by atoms with Gasteiger partial charge in [0, 0.05) is 12.8 Å². The third-order valence-corrected chi connectivity index (χ3v) is 8.50. The van der Waals surface area contributed by atoms with Crippen molar-refractivity contribution in [2.75, 3.05) is 0 Å². The van der Waals surface area contributed by atoms with Crippen LogP contribution in [0.15, 0.2) is 12.2 Å². The summed E-state index contributed by atoms with van der Waals surface area (Å²) < 4.78 is 5.72. The molecule has 248 valence electrons. The van der Waals surface area contributed by atoms with Gasteiger partial charge in [-0.2, -0.15) is 0 Å². The van der Waals surface area contributed by atoms with Crippen LogP contribution in [0.2, 0.25) is 0 Å². The van der Waals surface area contributed by atoms with Crippen LogP contribution in [0.4, 0.5) is 0 Å². The zero-order valence-electron chi connectivity index (χ0n) is 28.3. The molecular formula is C38H72O4. The van der Waals surface area contributed by atoms with Gasteiger partial charge in [-0.05, 0) is 51.4 Å². The van der Waals surface area contributed by atoms with Crippen LogP contribution in [0.25, 0.3) is 0 Å². The molecule has 0 aromatic rings. The van der Waals surface area contributed by atoms with Crippen LogP contribution < -0.4 is 0 Å². The van der Waals surface area contributed by atoms with Gasteiger partial charge in [0.2, 0.25) is 0 Å². The number of rotatable bonds is 34. The van der Waals surface area contributed by atoms with Crippen LogP contribution in [0, 0.1) is 0 Å². The van der Waals surface area contributed by atoms with Crippen molar-refractivity contribution in [3.05, 3.63) is 12.2 Å². The molecule has 4 nitrogen and oxygen atoms in total. The van der Waals surface area contributed by atoms with Crippen molar-refractivity contribution in [3.8, 4) is 0 Å². The first-order valence-electron chi connectivity index (χ1n) is 18.7. The minimum absolute atomic E-state index is 0.0734. The molecule has 0 saturated carbocycles. The van der Waals surface area contributed by atoms with Gasteiger partial charge in [0.15, 0.2) is 0 Å². The summed E-state index contributed by atoms with van der Waals surface area (Å²) in [6, 6.07) is 0. The zero-order valence-corrected chi connectivity index (χ0v) is 28.3. The first-order chi connectivity index (χ1) is 20.6. The van der Waals surface area contributed by atoms with Gasteiger partial charge < -0.3 is 9.84 Å². The first-order valence-corrected chi connectivity index (χ1v) is 18.7. The lowest BCUT2D eigenvalue weighted by molar-refractivity contribution is -0.151. The fourth-order valence-corrected chi connectivity index (χ4v) is 5.70. The Balaban J connectivity index is 3.73. The Bertz CT molecular complexity index is 600. The minimum atomic E-state index is -0.811. The van der Waals surface area contributed by atoms with E-state index < -0.39 is 5.97 Å². The number of hydrogen-bond acceptors (Lipinski definition) is 3. The van der Waals surface area contributed by atoms with Crippen molar-refractivity contribution in [3.63, 3.8) is 0 Å². The maximum Gasteiger partial charge on any atom is 0.306 e. The van der Waals surface area contributed by atoms with Gasteiger partial charge >= 0.3 is 11.9 Å². The van der Waals surface area contributed by atoms with Crippen LogP contribution in [-0.4, -0.2) is 23.1 Å². The van der Waals surface area contributed by atoms with Gasteiger partial charge in [0.25, 0.3) is 0 Å². The van der Waals surface area contributed by atoms with E-state index >= 15 is 0 Å². The van der Waals surface area contributed by atoms with Crippen LogP contribution in [0.1, 0.15) is 213 Å². The number of carboxylic acid groups (broad SMARTS) is 1. The smallest absolute Gasteiger partial charge is 0.306 e. The molecule has 0 aliphatic carbocycles. The summed E-state index contributed by atoms with van der Waals surface area (Å²) in [6.45, 7) is 4.53. The van der Waals surface area contributed by atoms with E-state index in [0.717, 1.165) is 32.1 Å². The fraction of sp³-hybridized carbons (Fsp3) is 0.895. The van der Waals surface area contributed by atoms with E-state index in [1.54, 1.807) is 0 Å². The molecule has 0 bridgehead atoms. The summed E-state index contributed by atoms with van der Waals surface area (Å²) in [4.78, 5) is 23.5. The summed E-state index contributed by atoms with van der Waals surface area (Å²) in [5.74, 6) is -0.956. The molecule has 42 heavy (non-hydrogen) atoms. The Labute approximate surface area is 262 Å². The molecule has 1 unspecified atom stereocenters. The Morgan fingerprint density at radius 3 is 1.33 bits per heavy atom. The highest BCUT2D eigenvalue weighted by Gasteiger charge is 2.15. The van der Waals surface area contributed by atoms with Crippen LogP contribution >= 0.6 is 0 Å². The highest BCUT2D eigenvalue weighted by molar-refractivity contribution is 5.69. The van der Waals surface area contributed by atoms with Gasteiger partial charge in [-0.25, -0.2) is 0 Å². The molecule has 4 heteroatoms. The molecule has 0 radical (unpaired) electrons. The lowest BCUT2D eigenvalue weighted by Crippen LogP contribution is -2.19. The second kappa shape index (κ2) is 34.2. The number of carbonyl (C=O) groups excluding carboxylic acids is 1. The van der Waals surface area contributed by atoms with Gasteiger partial charge in [-0.1, -0.05) is 161 Å². The molecule has 0 aromatic carbocycles. The van der Waals surface area contributed by atoms with E-state index in [-0.39, 0.29) is 18.5 Å². The van der Waals surface area contributed by atoms with E-state index in [0.29, 0.717) is 12.8 Å².